The van der Waals surface area contributed by atoms with Crippen molar-refractivity contribution in [2.45, 2.75) is 19.8 Å². The molecule has 0 aromatic carbocycles. The van der Waals surface area contributed by atoms with E-state index in [0.29, 0.717) is 11.0 Å². The minimum Gasteiger partial charge on any atom is -0.265 e. The van der Waals surface area contributed by atoms with Crippen molar-refractivity contribution in [1.82, 2.24) is 19.7 Å². The fourth-order valence-electron chi connectivity index (χ4n) is 1.57. The molecular weight excluding hydrogens is 351 g/mol. The number of nitrogens with zero attached hydrogens (tertiary/aromatic N) is 4. The number of hydrogen-bond acceptors (Lipinski definition) is 3. The molecule has 0 aliphatic rings. The minimum absolute atomic E-state index is 0.514. The molecule has 17 heavy (non-hydrogen) atoms. The normalized spacial score (nSPS) is 10.8. The van der Waals surface area contributed by atoms with Crippen molar-refractivity contribution in [1.29, 1.82) is 0 Å². The zero-order valence-corrected chi connectivity index (χ0v) is 12.5. The quantitative estimate of drug-likeness (QED) is 0.622. The van der Waals surface area contributed by atoms with Gasteiger partial charge in [-0.3, -0.25) is 4.68 Å². The van der Waals surface area contributed by atoms with Gasteiger partial charge in [-0.15, -0.1) is 0 Å². The van der Waals surface area contributed by atoms with Gasteiger partial charge in [0, 0.05) is 13.2 Å². The van der Waals surface area contributed by atoms with Crippen LogP contribution >= 0.6 is 34.2 Å². The highest BCUT2D eigenvalue weighted by atomic mass is 127. The van der Waals surface area contributed by atoms with E-state index in [1.807, 2.05) is 13.1 Å². The van der Waals surface area contributed by atoms with E-state index in [1.165, 1.54) is 0 Å². The molecular formula is C11H12ClIN4. The average molecular weight is 363 g/mol. The van der Waals surface area contributed by atoms with E-state index in [9.17, 15) is 0 Å². The SMILES string of the molecule is CCCc1nc(-c2ccnn2C)nc(Cl)c1I. The Labute approximate surface area is 119 Å². The van der Waals surface area contributed by atoms with Crippen LogP contribution in [0.5, 0.6) is 0 Å². The zero-order chi connectivity index (χ0) is 12.4. The van der Waals surface area contributed by atoms with Crippen LogP contribution in [0.2, 0.25) is 5.15 Å². The van der Waals surface area contributed by atoms with Gasteiger partial charge in [-0.2, -0.15) is 5.10 Å². The molecule has 0 fully saturated rings. The van der Waals surface area contributed by atoms with E-state index in [-0.39, 0.29) is 0 Å². The highest BCUT2D eigenvalue weighted by Crippen LogP contribution is 2.24. The fraction of sp³-hybridized carbons (Fsp3) is 0.364. The summed E-state index contributed by atoms with van der Waals surface area (Å²) in [6.45, 7) is 2.12. The van der Waals surface area contributed by atoms with Gasteiger partial charge in [0.25, 0.3) is 0 Å². The molecule has 0 bridgehead atoms. The molecule has 0 spiro atoms. The second-order valence-corrected chi connectivity index (χ2v) is 5.13. The summed E-state index contributed by atoms with van der Waals surface area (Å²) >= 11 is 8.33. The second-order valence-electron chi connectivity index (χ2n) is 3.69. The Morgan fingerprint density at radius 1 is 1.41 bits per heavy atom. The van der Waals surface area contributed by atoms with Crippen LogP contribution in [0.1, 0.15) is 19.0 Å². The molecule has 0 saturated carbocycles. The predicted molar refractivity (Wildman–Crippen MR) is 76.0 cm³/mol. The third-order valence-corrected chi connectivity index (χ3v) is 4.14. The summed E-state index contributed by atoms with van der Waals surface area (Å²) in [5, 5.41) is 4.63. The molecule has 6 heteroatoms. The lowest BCUT2D eigenvalue weighted by molar-refractivity contribution is 0.766. The van der Waals surface area contributed by atoms with Crippen molar-refractivity contribution in [3.8, 4) is 11.5 Å². The molecule has 2 aromatic rings. The van der Waals surface area contributed by atoms with Crippen LogP contribution < -0.4 is 0 Å². The summed E-state index contributed by atoms with van der Waals surface area (Å²) in [4.78, 5) is 8.87. The third kappa shape index (κ3) is 2.60. The summed E-state index contributed by atoms with van der Waals surface area (Å²) in [5.74, 6) is 0.638. The summed E-state index contributed by atoms with van der Waals surface area (Å²) in [7, 11) is 1.87. The monoisotopic (exact) mass is 362 g/mol. The van der Waals surface area contributed by atoms with Crippen LogP contribution in [0, 0.1) is 3.57 Å². The Kier molecular flexibility index (Phi) is 3.98. The van der Waals surface area contributed by atoms with Crippen LogP contribution in [0.3, 0.4) is 0 Å². The average Bonchev–Trinajstić information content (AvgIpc) is 2.71. The summed E-state index contributed by atoms with van der Waals surface area (Å²) in [6.07, 6.45) is 3.67. The lowest BCUT2D eigenvalue weighted by atomic mass is 10.2. The Morgan fingerprint density at radius 2 is 2.18 bits per heavy atom. The van der Waals surface area contributed by atoms with Gasteiger partial charge in [0.1, 0.15) is 10.8 Å². The molecule has 0 aliphatic carbocycles. The molecule has 0 N–H and O–H groups in total. The van der Waals surface area contributed by atoms with E-state index in [4.69, 9.17) is 11.6 Å². The van der Waals surface area contributed by atoms with E-state index in [2.05, 4.69) is 44.6 Å². The first-order valence-corrected chi connectivity index (χ1v) is 6.79. The van der Waals surface area contributed by atoms with Crippen molar-refractivity contribution < 1.29 is 0 Å². The molecule has 90 valence electrons. The van der Waals surface area contributed by atoms with Gasteiger partial charge < -0.3 is 0 Å². The first-order valence-electron chi connectivity index (χ1n) is 5.33. The Balaban J connectivity index is 2.53. The van der Waals surface area contributed by atoms with Gasteiger partial charge in [0.15, 0.2) is 5.82 Å². The highest BCUT2D eigenvalue weighted by Gasteiger charge is 2.13. The highest BCUT2D eigenvalue weighted by molar-refractivity contribution is 14.1. The molecule has 4 nitrogen and oxygen atoms in total. The maximum absolute atomic E-state index is 6.14. The van der Waals surface area contributed by atoms with Gasteiger partial charge in [-0.25, -0.2) is 9.97 Å². The molecule has 0 radical (unpaired) electrons. The number of aryl methyl sites for hydroxylation is 2. The summed E-state index contributed by atoms with van der Waals surface area (Å²) in [5.41, 5.74) is 1.88. The zero-order valence-electron chi connectivity index (χ0n) is 9.61. The third-order valence-electron chi connectivity index (χ3n) is 2.42. The maximum Gasteiger partial charge on any atom is 0.179 e. The van der Waals surface area contributed by atoms with Gasteiger partial charge in [0.05, 0.1) is 9.26 Å². The molecule has 0 saturated heterocycles. The van der Waals surface area contributed by atoms with Crippen molar-refractivity contribution in [3.63, 3.8) is 0 Å². The smallest absolute Gasteiger partial charge is 0.179 e. The molecule has 0 unspecified atom stereocenters. The van der Waals surface area contributed by atoms with Gasteiger partial charge in [0.2, 0.25) is 0 Å². The van der Waals surface area contributed by atoms with Gasteiger partial charge in [-0.05, 0) is 35.1 Å². The van der Waals surface area contributed by atoms with E-state index in [0.717, 1.165) is 27.8 Å². The largest absolute Gasteiger partial charge is 0.265 e. The first-order chi connectivity index (χ1) is 8.13. The number of halogens is 2. The molecule has 0 atom stereocenters. The van der Waals surface area contributed by atoms with Crippen LogP contribution in [0.15, 0.2) is 12.3 Å². The van der Waals surface area contributed by atoms with Crippen molar-refractivity contribution in [3.05, 3.63) is 26.7 Å². The lowest BCUT2D eigenvalue weighted by Gasteiger charge is -2.07. The molecule has 0 aliphatic heterocycles. The maximum atomic E-state index is 6.14. The lowest BCUT2D eigenvalue weighted by Crippen LogP contribution is -2.03. The van der Waals surface area contributed by atoms with Crippen molar-refractivity contribution in [2.75, 3.05) is 0 Å². The molecule has 2 rings (SSSR count). The van der Waals surface area contributed by atoms with Gasteiger partial charge in [-0.1, -0.05) is 24.9 Å². The second kappa shape index (κ2) is 5.30. The van der Waals surface area contributed by atoms with Crippen LogP contribution in [0.25, 0.3) is 11.5 Å². The number of aromatic nitrogens is 4. The van der Waals surface area contributed by atoms with Crippen LogP contribution in [0.4, 0.5) is 0 Å². The Hall–Kier alpha value is -0.690. The Bertz CT molecular complexity index is 538. The predicted octanol–water partition coefficient (Wildman–Crippen LogP) is 3.09. The summed E-state index contributed by atoms with van der Waals surface area (Å²) < 4.78 is 2.69. The van der Waals surface area contributed by atoms with Crippen LogP contribution in [-0.4, -0.2) is 19.7 Å². The molecule has 2 heterocycles. The van der Waals surface area contributed by atoms with E-state index >= 15 is 0 Å². The molecule has 2 aromatic heterocycles. The van der Waals surface area contributed by atoms with Crippen molar-refractivity contribution in [2.24, 2.45) is 7.05 Å². The van der Waals surface area contributed by atoms with Gasteiger partial charge >= 0.3 is 0 Å². The van der Waals surface area contributed by atoms with Crippen molar-refractivity contribution >= 4 is 34.2 Å². The summed E-state index contributed by atoms with van der Waals surface area (Å²) in [6, 6.07) is 1.88. The number of rotatable bonds is 3. The topological polar surface area (TPSA) is 43.6 Å². The Morgan fingerprint density at radius 3 is 2.76 bits per heavy atom. The first kappa shape index (κ1) is 12.8. The van der Waals surface area contributed by atoms with E-state index < -0.39 is 0 Å². The standard InChI is InChI=1S/C11H12ClIN4/c1-3-4-7-9(13)10(12)16-11(15-7)8-5-6-14-17(8)2/h5-6H,3-4H2,1-2H3. The minimum atomic E-state index is 0.514. The number of hydrogen-bond donors (Lipinski definition) is 0. The fourth-order valence-corrected chi connectivity index (χ4v) is 2.27. The molecule has 0 amide bonds. The van der Waals surface area contributed by atoms with E-state index in [1.54, 1.807) is 10.9 Å². The van der Waals surface area contributed by atoms with Crippen LogP contribution in [-0.2, 0) is 13.5 Å².